The summed E-state index contributed by atoms with van der Waals surface area (Å²) in [7, 11) is 0. The molecule has 0 radical (unpaired) electrons. The van der Waals surface area contributed by atoms with E-state index in [0.29, 0.717) is 0 Å². The second-order valence-corrected chi connectivity index (χ2v) is 3.96. The van der Waals surface area contributed by atoms with Crippen molar-refractivity contribution in [1.29, 1.82) is 0 Å². The highest BCUT2D eigenvalue weighted by molar-refractivity contribution is 7.99. The number of hydrogen-bond donors (Lipinski definition) is 1. The molecule has 1 aliphatic heterocycles. The molecule has 1 amide bonds. The maximum atomic E-state index is 11.3. The molecule has 0 aliphatic carbocycles. The minimum Gasteiger partial charge on any atom is -0.356 e. The molecule has 1 saturated heterocycles. The van der Waals surface area contributed by atoms with Crippen LogP contribution in [-0.2, 0) is 4.79 Å². The molecule has 0 aromatic heterocycles. The molecule has 11 heavy (non-hydrogen) atoms. The van der Waals surface area contributed by atoms with Crippen LogP contribution in [0.15, 0.2) is 0 Å². The largest absolute Gasteiger partial charge is 0.356 e. The van der Waals surface area contributed by atoms with Crippen LogP contribution in [0, 0.1) is 5.92 Å². The molecule has 64 valence electrons. The number of thioether (sulfide) groups is 1. The lowest BCUT2D eigenvalue weighted by atomic mass is 10.1. The van der Waals surface area contributed by atoms with Crippen LogP contribution in [0.25, 0.3) is 0 Å². The van der Waals surface area contributed by atoms with Crippen molar-refractivity contribution in [2.24, 2.45) is 5.92 Å². The van der Waals surface area contributed by atoms with Gasteiger partial charge in [-0.3, -0.25) is 4.79 Å². The van der Waals surface area contributed by atoms with Gasteiger partial charge in [0, 0.05) is 18.2 Å². The van der Waals surface area contributed by atoms with Crippen LogP contribution >= 0.6 is 11.8 Å². The van der Waals surface area contributed by atoms with E-state index in [9.17, 15) is 4.79 Å². The molecule has 0 bridgehead atoms. The Morgan fingerprint density at radius 2 is 2.55 bits per heavy atom. The highest BCUT2D eigenvalue weighted by Gasteiger charge is 2.20. The van der Waals surface area contributed by atoms with E-state index in [1.54, 1.807) is 0 Å². The summed E-state index contributed by atoms with van der Waals surface area (Å²) < 4.78 is 0. The fraction of sp³-hybridized carbons (Fsp3) is 0.875. The van der Waals surface area contributed by atoms with Gasteiger partial charge >= 0.3 is 0 Å². The Balaban J connectivity index is 2.27. The van der Waals surface area contributed by atoms with E-state index in [2.05, 4.69) is 5.32 Å². The molecular formula is C8H15NOS. The molecular weight excluding hydrogens is 158 g/mol. The molecule has 3 heteroatoms. The number of nitrogens with one attached hydrogen (secondary N) is 1. The Morgan fingerprint density at radius 1 is 1.73 bits per heavy atom. The summed E-state index contributed by atoms with van der Waals surface area (Å²) >= 11 is 1.90. The molecule has 1 rings (SSSR count). The summed E-state index contributed by atoms with van der Waals surface area (Å²) in [5, 5.41) is 2.86. The maximum Gasteiger partial charge on any atom is 0.223 e. The third kappa shape index (κ3) is 2.73. The summed E-state index contributed by atoms with van der Waals surface area (Å²) in [5.41, 5.74) is 0. The van der Waals surface area contributed by atoms with Gasteiger partial charge in [0.1, 0.15) is 0 Å². The predicted molar refractivity (Wildman–Crippen MR) is 48.7 cm³/mol. The van der Waals surface area contributed by atoms with Crippen molar-refractivity contribution in [2.45, 2.75) is 19.8 Å². The van der Waals surface area contributed by atoms with Gasteiger partial charge in [-0.15, -0.1) is 0 Å². The Bertz CT molecular complexity index is 132. The summed E-state index contributed by atoms with van der Waals surface area (Å²) in [4.78, 5) is 11.3. The van der Waals surface area contributed by atoms with Crippen molar-refractivity contribution < 1.29 is 4.79 Å². The topological polar surface area (TPSA) is 29.1 Å². The first-order valence-corrected chi connectivity index (χ1v) is 5.35. The van der Waals surface area contributed by atoms with Crippen LogP contribution in [0.5, 0.6) is 0 Å². The number of rotatable bonds is 2. The van der Waals surface area contributed by atoms with Crippen molar-refractivity contribution in [3.8, 4) is 0 Å². The van der Waals surface area contributed by atoms with Crippen molar-refractivity contribution in [2.75, 3.05) is 18.1 Å². The average Bonchev–Trinajstić information content (AvgIpc) is 2.07. The summed E-state index contributed by atoms with van der Waals surface area (Å²) in [6, 6.07) is 0. The second-order valence-electron chi connectivity index (χ2n) is 2.81. The Labute approximate surface area is 72.1 Å². The normalized spacial score (nSPS) is 24.6. The van der Waals surface area contributed by atoms with Gasteiger partial charge in [0.15, 0.2) is 0 Å². The first kappa shape index (κ1) is 8.91. The van der Waals surface area contributed by atoms with E-state index < -0.39 is 0 Å². The zero-order valence-corrected chi connectivity index (χ0v) is 7.75. The molecule has 0 saturated carbocycles. The van der Waals surface area contributed by atoms with Crippen molar-refractivity contribution >= 4 is 17.7 Å². The van der Waals surface area contributed by atoms with Crippen LogP contribution in [-0.4, -0.2) is 24.0 Å². The molecule has 1 fully saturated rings. The minimum absolute atomic E-state index is 0.250. The molecule has 1 heterocycles. The van der Waals surface area contributed by atoms with Crippen molar-refractivity contribution in [3.05, 3.63) is 0 Å². The first-order chi connectivity index (χ1) is 5.34. The van der Waals surface area contributed by atoms with E-state index >= 15 is 0 Å². The molecule has 0 aromatic carbocycles. The van der Waals surface area contributed by atoms with E-state index in [-0.39, 0.29) is 11.8 Å². The standard InChI is InChI=1S/C8H15NOS/c1-2-9-8(10)7-4-3-5-11-6-7/h7H,2-6H2,1H3,(H,9,10). The monoisotopic (exact) mass is 173 g/mol. The summed E-state index contributed by atoms with van der Waals surface area (Å²) in [5.74, 6) is 2.79. The Hall–Kier alpha value is -0.180. The van der Waals surface area contributed by atoms with E-state index in [1.807, 2.05) is 18.7 Å². The van der Waals surface area contributed by atoms with Gasteiger partial charge < -0.3 is 5.32 Å². The molecule has 2 nitrogen and oxygen atoms in total. The zero-order valence-electron chi connectivity index (χ0n) is 6.93. The molecule has 0 aromatic rings. The maximum absolute atomic E-state index is 11.3. The van der Waals surface area contributed by atoms with Gasteiger partial charge in [0.05, 0.1) is 0 Å². The van der Waals surface area contributed by atoms with Crippen LogP contribution in [0.1, 0.15) is 19.8 Å². The van der Waals surface area contributed by atoms with Crippen molar-refractivity contribution in [3.63, 3.8) is 0 Å². The molecule has 1 atom stereocenters. The number of amides is 1. The molecule has 1 unspecified atom stereocenters. The molecule has 1 N–H and O–H groups in total. The number of hydrogen-bond acceptors (Lipinski definition) is 2. The highest BCUT2D eigenvalue weighted by atomic mass is 32.2. The predicted octanol–water partition coefficient (Wildman–Crippen LogP) is 1.27. The third-order valence-electron chi connectivity index (χ3n) is 1.88. The van der Waals surface area contributed by atoms with Gasteiger partial charge in [-0.2, -0.15) is 11.8 Å². The molecule has 1 aliphatic rings. The Kier molecular flexibility index (Phi) is 3.77. The van der Waals surface area contributed by atoms with Gasteiger partial charge in [-0.1, -0.05) is 0 Å². The van der Waals surface area contributed by atoms with Gasteiger partial charge in [-0.05, 0) is 25.5 Å². The zero-order chi connectivity index (χ0) is 8.10. The lowest BCUT2D eigenvalue weighted by Crippen LogP contribution is -2.33. The lowest BCUT2D eigenvalue weighted by molar-refractivity contribution is -0.124. The van der Waals surface area contributed by atoms with Crippen LogP contribution in [0.2, 0.25) is 0 Å². The summed E-state index contributed by atoms with van der Waals surface area (Å²) in [6.07, 6.45) is 2.28. The second kappa shape index (κ2) is 4.65. The quantitative estimate of drug-likeness (QED) is 0.681. The molecule has 0 spiro atoms. The Morgan fingerprint density at radius 3 is 3.09 bits per heavy atom. The first-order valence-electron chi connectivity index (χ1n) is 4.20. The number of carbonyl (C=O) groups is 1. The van der Waals surface area contributed by atoms with Gasteiger partial charge in [0.2, 0.25) is 5.91 Å². The summed E-state index contributed by atoms with van der Waals surface area (Å²) in [6.45, 7) is 2.73. The smallest absolute Gasteiger partial charge is 0.223 e. The van der Waals surface area contributed by atoms with Crippen LogP contribution in [0.4, 0.5) is 0 Å². The fourth-order valence-electron chi connectivity index (χ4n) is 1.27. The number of carbonyl (C=O) groups excluding carboxylic acids is 1. The van der Waals surface area contributed by atoms with E-state index in [4.69, 9.17) is 0 Å². The van der Waals surface area contributed by atoms with Gasteiger partial charge in [-0.25, -0.2) is 0 Å². The third-order valence-corrected chi connectivity index (χ3v) is 3.10. The minimum atomic E-state index is 0.250. The van der Waals surface area contributed by atoms with E-state index in [1.165, 1.54) is 12.2 Å². The average molecular weight is 173 g/mol. The van der Waals surface area contributed by atoms with Crippen LogP contribution < -0.4 is 5.32 Å². The van der Waals surface area contributed by atoms with E-state index in [0.717, 1.165) is 18.7 Å². The fourth-order valence-corrected chi connectivity index (χ4v) is 2.41. The SMILES string of the molecule is CCNC(=O)C1CCCSC1. The van der Waals surface area contributed by atoms with Crippen molar-refractivity contribution in [1.82, 2.24) is 5.32 Å². The van der Waals surface area contributed by atoms with Gasteiger partial charge in [0.25, 0.3) is 0 Å². The lowest BCUT2D eigenvalue weighted by Gasteiger charge is -2.19. The van der Waals surface area contributed by atoms with Crippen LogP contribution in [0.3, 0.4) is 0 Å². The highest BCUT2D eigenvalue weighted by Crippen LogP contribution is 2.22.